The number of anilines is 2. The lowest BCUT2D eigenvalue weighted by Crippen LogP contribution is -2.24. The molecule has 1 aliphatic heterocycles. The number of carbonyl (C=O) groups is 2. The summed E-state index contributed by atoms with van der Waals surface area (Å²) < 4.78 is 25.2. The van der Waals surface area contributed by atoms with Gasteiger partial charge in [0.05, 0.1) is 19.6 Å². The standard InChI is InChI=1S/C30H31FN2O4/c1-36-27-13-12-21(16-28(27)37-26-10-2-3-11-26)22-17-30(35)33(19-22)25-9-5-8-24(18-25)32-29(34)15-20-6-4-7-23(31)14-20/h4-9,12-14,16,18,22,26H,2-3,10-11,15,17,19H2,1H3,(H,32,34). The van der Waals surface area contributed by atoms with Crippen LogP contribution in [-0.4, -0.2) is 31.6 Å². The van der Waals surface area contributed by atoms with Crippen LogP contribution in [0.1, 0.15) is 49.1 Å². The Morgan fingerprint density at radius 2 is 1.84 bits per heavy atom. The molecule has 1 saturated heterocycles. The van der Waals surface area contributed by atoms with Crippen molar-refractivity contribution >= 4 is 23.2 Å². The van der Waals surface area contributed by atoms with Gasteiger partial charge in [-0.3, -0.25) is 9.59 Å². The van der Waals surface area contributed by atoms with E-state index in [2.05, 4.69) is 5.32 Å². The molecular formula is C30H31FN2O4. The maximum atomic E-state index is 13.4. The van der Waals surface area contributed by atoms with E-state index in [-0.39, 0.29) is 36.1 Å². The summed E-state index contributed by atoms with van der Waals surface area (Å²) >= 11 is 0. The highest BCUT2D eigenvalue weighted by Crippen LogP contribution is 2.38. The molecule has 37 heavy (non-hydrogen) atoms. The summed E-state index contributed by atoms with van der Waals surface area (Å²) in [6.07, 6.45) is 5.15. The third-order valence-corrected chi connectivity index (χ3v) is 7.08. The minimum Gasteiger partial charge on any atom is -0.493 e. The van der Waals surface area contributed by atoms with Gasteiger partial charge in [0.1, 0.15) is 5.82 Å². The Balaban J connectivity index is 1.27. The first-order valence-electron chi connectivity index (χ1n) is 12.8. The van der Waals surface area contributed by atoms with Gasteiger partial charge in [-0.15, -0.1) is 0 Å². The summed E-state index contributed by atoms with van der Waals surface area (Å²) in [5, 5.41) is 2.86. The lowest BCUT2D eigenvalue weighted by atomic mass is 9.98. The van der Waals surface area contributed by atoms with E-state index in [0.29, 0.717) is 30.0 Å². The quantitative estimate of drug-likeness (QED) is 0.419. The van der Waals surface area contributed by atoms with Gasteiger partial charge in [0.2, 0.25) is 11.8 Å². The number of carbonyl (C=O) groups excluding carboxylic acids is 2. The first-order chi connectivity index (χ1) is 18.0. The summed E-state index contributed by atoms with van der Waals surface area (Å²) in [4.78, 5) is 27.3. The molecule has 2 aliphatic rings. The van der Waals surface area contributed by atoms with Crippen LogP contribution in [0.5, 0.6) is 11.5 Å². The molecule has 192 valence electrons. The Morgan fingerprint density at radius 1 is 1.03 bits per heavy atom. The summed E-state index contributed by atoms with van der Waals surface area (Å²) in [7, 11) is 1.64. The van der Waals surface area contributed by atoms with E-state index in [0.717, 1.165) is 29.8 Å². The monoisotopic (exact) mass is 502 g/mol. The van der Waals surface area contributed by atoms with Gasteiger partial charge in [0.15, 0.2) is 11.5 Å². The summed E-state index contributed by atoms with van der Waals surface area (Å²) in [6.45, 7) is 0.536. The van der Waals surface area contributed by atoms with Crippen LogP contribution in [-0.2, 0) is 16.0 Å². The second kappa shape index (κ2) is 11.0. The minimum atomic E-state index is -0.372. The van der Waals surface area contributed by atoms with Crippen molar-refractivity contribution in [2.24, 2.45) is 0 Å². The molecule has 2 amide bonds. The molecule has 0 radical (unpaired) electrons. The first-order valence-corrected chi connectivity index (χ1v) is 12.8. The molecule has 3 aromatic rings. The number of halogens is 1. The Kier molecular flexibility index (Phi) is 7.40. The average Bonchev–Trinajstić information content (AvgIpc) is 3.54. The van der Waals surface area contributed by atoms with Crippen molar-refractivity contribution in [1.82, 2.24) is 0 Å². The Labute approximate surface area is 216 Å². The molecule has 3 aromatic carbocycles. The van der Waals surface area contributed by atoms with Crippen molar-refractivity contribution in [1.29, 1.82) is 0 Å². The van der Waals surface area contributed by atoms with Crippen molar-refractivity contribution in [3.8, 4) is 11.5 Å². The van der Waals surface area contributed by atoms with Crippen molar-refractivity contribution in [2.75, 3.05) is 23.9 Å². The fourth-order valence-electron chi connectivity index (χ4n) is 5.19. The van der Waals surface area contributed by atoms with Gasteiger partial charge < -0.3 is 19.7 Å². The molecule has 0 spiro atoms. The van der Waals surface area contributed by atoms with Crippen LogP contribution in [0.2, 0.25) is 0 Å². The highest BCUT2D eigenvalue weighted by atomic mass is 19.1. The number of methoxy groups -OCH3 is 1. The number of nitrogens with zero attached hydrogens (tertiary/aromatic N) is 1. The minimum absolute atomic E-state index is 0.0237. The van der Waals surface area contributed by atoms with Gasteiger partial charge in [-0.1, -0.05) is 24.3 Å². The highest BCUT2D eigenvalue weighted by molar-refractivity contribution is 5.98. The maximum Gasteiger partial charge on any atom is 0.228 e. The zero-order chi connectivity index (χ0) is 25.8. The van der Waals surface area contributed by atoms with Gasteiger partial charge in [0.25, 0.3) is 0 Å². The number of hydrogen-bond acceptors (Lipinski definition) is 4. The summed E-state index contributed by atoms with van der Waals surface area (Å²) in [5.41, 5.74) is 2.96. The highest BCUT2D eigenvalue weighted by Gasteiger charge is 2.32. The van der Waals surface area contributed by atoms with E-state index in [9.17, 15) is 14.0 Å². The van der Waals surface area contributed by atoms with Gasteiger partial charge in [-0.2, -0.15) is 0 Å². The van der Waals surface area contributed by atoms with Gasteiger partial charge in [0, 0.05) is 30.3 Å². The van der Waals surface area contributed by atoms with E-state index in [1.54, 1.807) is 36.3 Å². The number of rotatable bonds is 8. The fraction of sp³-hybridized carbons (Fsp3) is 0.333. The zero-order valence-electron chi connectivity index (χ0n) is 20.9. The van der Waals surface area contributed by atoms with Crippen molar-refractivity contribution in [2.45, 2.75) is 50.5 Å². The van der Waals surface area contributed by atoms with Gasteiger partial charge in [-0.25, -0.2) is 4.39 Å². The van der Waals surface area contributed by atoms with Gasteiger partial charge in [-0.05, 0) is 79.3 Å². The smallest absolute Gasteiger partial charge is 0.228 e. The molecule has 6 nitrogen and oxygen atoms in total. The van der Waals surface area contributed by atoms with Crippen LogP contribution in [0.25, 0.3) is 0 Å². The Morgan fingerprint density at radius 3 is 2.62 bits per heavy atom. The van der Waals surface area contributed by atoms with Crippen LogP contribution < -0.4 is 19.7 Å². The van der Waals surface area contributed by atoms with E-state index in [1.807, 2.05) is 30.3 Å². The zero-order valence-corrected chi connectivity index (χ0v) is 20.9. The second-order valence-corrected chi connectivity index (χ2v) is 9.75. The Hall–Kier alpha value is -3.87. The third-order valence-electron chi connectivity index (χ3n) is 7.08. The van der Waals surface area contributed by atoms with Crippen LogP contribution in [0, 0.1) is 5.82 Å². The van der Waals surface area contributed by atoms with E-state index in [4.69, 9.17) is 9.47 Å². The lowest BCUT2D eigenvalue weighted by molar-refractivity contribution is -0.117. The van der Waals surface area contributed by atoms with Crippen LogP contribution in [0.3, 0.4) is 0 Å². The van der Waals surface area contributed by atoms with Crippen LogP contribution in [0.15, 0.2) is 66.7 Å². The third kappa shape index (κ3) is 5.93. The van der Waals surface area contributed by atoms with Crippen LogP contribution in [0.4, 0.5) is 15.8 Å². The van der Waals surface area contributed by atoms with Crippen molar-refractivity contribution < 1.29 is 23.5 Å². The molecule has 0 aromatic heterocycles. The molecule has 1 saturated carbocycles. The molecule has 1 unspecified atom stereocenters. The summed E-state index contributed by atoms with van der Waals surface area (Å²) in [6, 6.07) is 19.2. The van der Waals surface area contributed by atoms with Crippen molar-refractivity contribution in [3.63, 3.8) is 0 Å². The normalized spacial score (nSPS) is 17.7. The molecule has 5 rings (SSSR count). The number of hydrogen-bond donors (Lipinski definition) is 1. The SMILES string of the molecule is COc1ccc(C2CC(=O)N(c3cccc(NC(=O)Cc4cccc(F)c4)c3)C2)cc1OC1CCCC1. The maximum absolute atomic E-state index is 13.4. The predicted octanol–water partition coefficient (Wildman–Crippen LogP) is 5.86. The van der Waals surface area contributed by atoms with E-state index in [1.165, 1.54) is 25.0 Å². The van der Waals surface area contributed by atoms with Gasteiger partial charge >= 0.3 is 0 Å². The molecule has 7 heteroatoms. The molecule has 1 N–H and O–H groups in total. The van der Waals surface area contributed by atoms with E-state index >= 15 is 0 Å². The molecule has 1 aliphatic carbocycles. The molecule has 1 heterocycles. The van der Waals surface area contributed by atoms with Crippen molar-refractivity contribution in [3.05, 3.63) is 83.7 Å². The second-order valence-electron chi connectivity index (χ2n) is 9.75. The number of nitrogens with one attached hydrogen (secondary N) is 1. The first kappa shape index (κ1) is 24.8. The fourth-order valence-corrected chi connectivity index (χ4v) is 5.19. The van der Waals surface area contributed by atoms with E-state index < -0.39 is 0 Å². The number of ether oxygens (including phenoxy) is 2. The summed E-state index contributed by atoms with van der Waals surface area (Å²) in [5.74, 6) is 0.877. The Bertz CT molecular complexity index is 1290. The lowest BCUT2D eigenvalue weighted by Gasteiger charge is -2.20. The molecular weight excluding hydrogens is 471 g/mol. The number of benzene rings is 3. The van der Waals surface area contributed by atoms with Crippen LogP contribution >= 0.6 is 0 Å². The molecule has 2 fully saturated rings. The molecule has 1 atom stereocenters. The molecule has 0 bridgehead atoms. The average molecular weight is 503 g/mol. The topological polar surface area (TPSA) is 67.9 Å². The number of amides is 2. The largest absolute Gasteiger partial charge is 0.493 e. The predicted molar refractivity (Wildman–Crippen MR) is 141 cm³/mol.